The van der Waals surface area contributed by atoms with Gasteiger partial charge in [0.15, 0.2) is 0 Å². The van der Waals surface area contributed by atoms with Crippen molar-refractivity contribution in [3.8, 4) is 0 Å². The fourth-order valence-corrected chi connectivity index (χ4v) is 4.09. The van der Waals surface area contributed by atoms with Crippen LogP contribution in [0.4, 0.5) is 0 Å². The molecule has 1 aliphatic carbocycles. The largest absolute Gasteiger partial charge is 0.467 e. The van der Waals surface area contributed by atoms with Crippen molar-refractivity contribution in [3.05, 3.63) is 93.2 Å². The molecular weight excluding hydrogens is 507 g/mol. The first-order valence-electron chi connectivity index (χ1n) is 10.9. The van der Waals surface area contributed by atoms with Gasteiger partial charge in [-0.3, -0.25) is 9.59 Å². The highest BCUT2D eigenvalue weighted by Crippen LogP contribution is 2.28. The molecule has 36 heavy (non-hydrogen) atoms. The molecule has 1 aliphatic rings. The van der Waals surface area contributed by atoms with E-state index in [-0.39, 0.29) is 24.2 Å². The molecule has 0 amide bonds. The molecule has 3 rings (SSSR count). The number of carbonyl (C=O) groups is 4. The zero-order valence-corrected chi connectivity index (χ0v) is 21.1. The minimum absolute atomic E-state index is 0.163. The Bertz CT molecular complexity index is 1120. The molecule has 8 nitrogen and oxygen atoms in total. The minimum Gasteiger partial charge on any atom is -0.467 e. The van der Waals surface area contributed by atoms with Gasteiger partial charge in [-0.25, -0.2) is 9.59 Å². The predicted molar refractivity (Wildman–Crippen MR) is 134 cm³/mol. The Morgan fingerprint density at radius 1 is 0.694 bits per heavy atom. The normalized spacial score (nSPS) is 15.3. The third-order valence-corrected chi connectivity index (χ3v) is 6.19. The van der Waals surface area contributed by atoms with Gasteiger partial charge in [-0.05, 0) is 11.1 Å². The van der Waals surface area contributed by atoms with Gasteiger partial charge in [0.05, 0.1) is 14.2 Å². The maximum Gasteiger partial charge on any atom is 0.328 e. The Hall–Kier alpha value is -3.62. The van der Waals surface area contributed by atoms with E-state index >= 15 is 0 Å². The van der Waals surface area contributed by atoms with E-state index in [0.717, 1.165) is 11.1 Å². The van der Waals surface area contributed by atoms with Crippen LogP contribution in [0, 0.1) is 0 Å². The summed E-state index contributed by atoms with van der Waals surface area (Å²) in [6.07, 6.45) is 0.327. The quantitative estimate of drug-likeness (QED) is 0.356. The number of benzene rings is 2. The van der Waals surface area contributed by atoms with Crippen molar-refractivity contribution in [2.24, 2.45) is 0 Å². The number of ketones is 2. The third kappa shape index (κ3) is 6.33. The fraction of sp³-hybridized carbons (Fsp3) is 0.231. The summed E-state index contributed by atoms with van der Waals surface area (Å²) in [5.74, 6) is -2.94. The molecule has 2 N–H and O–H groups in total. The van der Waals surface area contributed by atoms with E-state index in [1.165, 1.54) is 14.2 Å². The number of rotatable bonds is 10. The summed E-state index contributed by atoms with van der Waals surface area (Å²) in [5.41, 5.74) is 0.914. The summed E-state index contributed by atoms with van der Waals surface area (Å²) in [7, 11) is 2.42. The number of esters is 2. The number of carbonyl (C=O) groups excluding carboxylic acids is 4. The zero-order valence-electron chi connectivity index (χ0n) is 19.5. The van der Waals surface area contributed by atoms with E-state index in [1.807, 2.05) is 12.1 Å². The Morgan fingerprint density at radius 3 is 1.33 bits per heavy atom. The van der Waals surface area contributed by atoms with Crippen LogP contribution in [0.5, 0.6) is 0 Å². The smallest absolute Gasteiger partial charge is 0.328 e. The summed E-state index contributed by atoms with van der Waals surface area (Å²) in [5, 5.41) is 4.51. The molecule has 0 spiro atoms. The lowest BCUT2D eigenvalue weighted by atomic mass is 10.0. The summed E-state index contributed by atoms with van der Waals surface area (Å²) in [6.45, 7) is 0. The van der Waals surface area contributed by atoms with E-state index in [4.69, 9.17) is 32.7 Å². The van der Waals surface area contributed by atoms with Crippen LogP contribution in [0.2, 0.25) is 0 Å². The highest BCUT2D eigenvalue weighted by atomic mass is 35.5. The van der Waals surface area contributed by atoms with E-state index in [0.29, 0.717) is 0 Å². The number of methoxy groups -OCH3 is 2. The van der Waals surface area contributed by atoms with Gasteiger partial charge in [-0.1, -0.05) is 83.9 Å². The molecule has 0 aliphatic heterocycles. The van der Waals surface area contributed by atoms with Crippen molar-refractivity contribution < 1.29 is 28.7 Å². The van der Waals surface area contributed by atoms with Gasteiger partial charge in [-0.15, -0.1) is 0 Å². The number of halogens is 2. The SMILES string of the molecule is COC(=O)[C@H](Cc1ccccc1)NC1=C(Cl)C(=O)C(N[C@@H](Cc2ccccc2)C(=O)OC)=C(Cl)C1=O. The van der Waals surface area contributed by atoms with Crippen LogP contribution in [-0.4, -0.2) is 49.8 Å². The Morgan fingerprint density at radius 2 is 1.03 bits per heavy atom. The van der Waals surface area contributed by atoms with Crippen molar-refractivity contribution in [2.75, 3.05) is 14.2 Å². The molecule has 0 radical (unpaired) electrons. The van der Waals surface area contributed by atoms with Gasteiger partial charge >= 0.3 is 11.9 Å². The van der Waals surface area contributed by atoms with Gasteiger partial charge in [0.2, 0.25) is 11.6 Å². The highest BCUT2D eigenvalue weighted by molar-refractivity contribution is 6.56. The summed E-state index contributed by atoms with van der Waals surface area (Å²) >= 11 is 12.6. The first-order chi connectivity index (χ1) is 17.3. The average Bonchev–Trinajstić information content (AvgIpc) is 2.91. The van der Waals surface area contributed by atoms with E-state index in [1.54, 1.807) is 48.5 Å². The molecule has 0 bridgehead atoms. The third-order valence-electron chi connectivity index (χ3n) is 5.47. The second-order valence-electron chi connectivity index (χ2n) is 7.86. The molecular formula is C26H24Cl2N2O6. The molecule has 0 unspecified atom stereocenters. The molecule has 0 fully saturated rings. The van der Waals surface area contributed by atoms with Crippen LogP contribution in [0.15, 0.2) is 82.1 Å². The van der Waals surface area contributed by atoms with Crippen molar-refractivity contribution in [1.29, 1.82) is 0 Å². The fourth-order valence-electron chi connectivity index (χ4n) is 3.62. The number of hydrogen-bond donors (Lipinski definition) is 2. The Kier molecular flexibility index (Phi) is 9.27. The second-order valence-corrected chi connectivity index (χ2v) is 8.61. The first-order valence-corrected chi connectivity index (χ1v) is 11.7. The van der Waals surface area contributed by atoms with Crippen LogP contribution in [0.3, 0.4) is 0 Å². The predicted octanol–water partition coefficient (Wildman–Crippen LogP) is 2.79. The molecule has 2 aromatic rings. The van der Waals surface area contributed by atoms with E-state index in [9.17, 15) is 19.2 Å². The molecule has 0 saturated heterocycles. The van der Waals surface area contributed by atoms with Crippen LogP contribution < -0.4 is 10.6 Å². The van der Waals surface area contributed by atoms with E-state index < -0.39 is 45.7 Å². The molecule has 0 saturated carbocycles. The number of allylic oxidation sites excluding steroid dienone is 2. The number of ether oxygens (including phenoxy) is 2. The van der Waals surface area contributed by atoms with Crippen LogP contribution >= 0.6 is 23.2 Å². The van der Waals surface area contributed by atoms with Crippen LogP contribution in [0.25, 0.3) is 0 Å². The number of nitrogens with one attached hydrogen (secondary N) is 2. The van der Waals surface area contributed by atoms with Gasteiger partial charge in [0.25, 0.3) is 0 Å². The molecule has 188 valence electrons. The standard InChI is InChI=1S/C26H24Cl2N2O6/c1-35-25(33)17(13-15-9-5-3-6-10-15)29-21-19(27)24(32)22(20(28)23(21)31)30-18(26(34)36-2)14-16-11-7-4-8-12-16/h3-12,17-18,29-30H,13-14H2,1-2H3/t17-,18-/m0/s1. The Balaban J connectivity index is 1.86. The lowest BCUT2D eigenvalue weighted by Gasteiger charge is -2.25. The molecule has 2 aromatic carbocycles. The number of hydrogen-bond acceptors (Lipinski definition) is 8. The maximum absolute atomic E-state index is 13.1. The van der Waals surface area contributed by atoms with Gasteiger partial charge in [0.1, 0.15) is 33.5 Å². The van der Waals surface area contributed by atoms with Gasteiger partial charge in [-0.2, -0.15) is 0 Å². The van der Waals surface area contributed by atoms with Crippen LogP contribution in [0.1, 0.15) is 11.1 Å². The average molecular weight is 531 g/mol. The maximum atomic E-state index is 13.1. The summed E-state index contributed by atoms with van der Waals surface area (Å²) < 4.78 is 9.69. The summed E-state index contributed by atoms with van der Waals surface area (Å²) in [6, 6.07) is 16.0. The van der Waals surface area contributed by atoms with Crippen molar-refractivity contribution >= 4 is 46.7 Å². The molecule has 0 aromatic heterocycles. The first kappa shape index (κ1) is 27.0. The molecule has 0 heterocycles. The highest BCUT2D eigenvalue weighted by Gasteiger charge is 2.37. The van der Waals surface area contributed by atoms with Crippen molar-refractivity contribution in [1.82, 2.24) is 10.6 Å². The molecule has 10 heteroatoms. The number of Topliss-reactive ketones (excluding diaryl/α,β-unsaturated/α-hetero) is 2. The topological polar surface area (TPSA) is 111 Å². The van der Waals surface area contributed by atoms with Gasteiger partial charge < -0.3 is 20.1 Å². The van der Waals surface area contributed by atoms with E-state index in [2.05, 4.69) is 10.6 Å². The summed E-state index contributed by atoms with van der Waals surface area (Å²) in [4.78, 5) is 51.0. The van der Waals surface area contributed by atoms with Crippen molar-refractivity contribution in [3.63, 3.8) is 0 Å². The Labute approximate surface area is 218 Å². The monoisotopic (exact) mass is 530 g/mol. The van der Waals surface area contributed by atoms with Crippen molar-refractivity contribution in [2.45, 2.75) is 24.9 Å². The lowest BCUT2D eigenvalue weighted by Crippen LogP contribution is -2.46. The van der Waals surface area contributed by atoms with Crippen LogP contribution in [-0.2, 0) is 41.5 Å². The molecule has 2 atom stereocenters. The lowest BCUT2D eigenvalue weighted by molar-refractivity contribution is -0.143. The minimum atomic E-state index is -1.02. The zero-order chi connectivity index (χ0) is 26.2. The van der Waals surface area contributed by atoms with Gasteiger partial charge in [0, 0.05) is 12.8 Å². The second kappa shape index (κ2) is 12.4.